The molecule has 116 valence electrons. The summed E-state index contributed by atoms with van der Waals surface area (Å²) in [5.41, 5.74) is 5.25. The lowest BCUT2D eigenvalue weighted by molar-refractivity contribution is 0.102. The Kier molecular flexibility index (Phi) is 3.98. The Morgan fingerprint density at radius 3 is 2.26 bits per heavy atom. The van der Waals surface area contributed by atoms with Crippen LogP contribution in [0.15, 0.2) is 54.7 Å². The minimum absolute atomic E-state index is 0.101. The topological polar surface area (TPSA) is 46.9 Å². The molecule has 0 fully saturated rings. The minimum atomic E-state index is -0.101. The van der Waals surface area contributed by atoms with E-state index in [0.29, 0.717) is 0 Å². The van der Waals surface area contributed by atoms with Crippen LogP contribution in [0.1, 0.15) is 27.2 Å². The predicted molar refractivity (Wildman–Crippen MR) is 92.2 cm³/mol. The molecule has 23 heavy (non-hydrogen) atoms. The highest BCUT2D eigenvalue weighted by Crippen LogP contribution is 2.20. The molecular weight excluding hydrogens is 286 g/mol. The summed E-state index contributed by atoms with van der Waals surface area (Å²) in [6, 6.07) is 15.7. The van der Waals surface area contributed by atoms with Gasteiger partial charge in [0, 0.05) is 5.56 Å². The first kappa shape index (κ1) is 15.0. The second-order valence-corrected chi connectivity index (χ2v) is 5.61. The molecule has 3 rings (SSSR count). The smallest absolute Gasteiger partial charge is 0.256 e. The fourth-order valence-electron chi connectivity index (χ4n) is 2.72. The van der Waals surface area contributed by atoms with Crippen molar-refractivity contribution < 1.29 is 4.79 Å². The molecule has 0 radical (unpaired) electrons. The number of benzene rings is 2. The Labute approximate surface area is 135 Å². The number of carbonyl (C=O) groups is 1. The molecule has 0 aliphatic heterocycles. The van der Waals surface area contributed by atoms with Gasteiger partial charge in [-0.05, 0) is 44.0 Å². The van der Waals surface area contributed by atoms with Gasteiger partial charge >= 0.3 is 0 Å². The van der Waals surface area contributed by atoms with Crippen molar-refractivity contribution in [3.8, 4) is 5.69 Å². The van der Waals surface area contributed by atoms with E-state index in [9.17, 15) is 4.79 Å². The van der Waals surface area contributed by atoms with Crippen molar-refractivity contribution in [2.24, 2.45) is 0 Å². The number of carbonyl (C=O) groups excluding carboxylic acids is 1. The summed E-state index contributed by atoms with van der Waals surface area (Å²) in [5.74, 6) is -0.101. The molecule has 0 unspecified atom stereocenters. The Morgan fingerprint density at radius 2 is 1.61 bits per heavy atom. The number of hydrogen-bond acceptors (Lipinski definition) is 2. The Bertz CT molecular complexity index is 830. The lowest BCUT2D eigenvalue weighted by atomic mass is 10.0. The summed E-state index contributed by atoms with van der Waals surface area (Å²) < 4.78 is 1.82. The summed E-state index contributed by atoms with van der Waals surface area (Å²) in [4.78, 5) is 12.6. The van der Waals surface area contributed by atoms with Crippen LogP contribution in [0.25, 0.3) is 5.69 Å². The van der Waals surface area contributed by atoms with E-state index in [4.69, 9.17) is 0 Å². The predicted octanol–water partition coefficient (Wildman–Crippen LogP) is 4.05. The van der Waals surface area contributed by atoms with Gasteiger partial charge in [0.05, 0.1) is 23.3 Å². The quantitative estimate of drug-likeness (QED) is 0.793. The van der Waals surface area contributed by atoms with Crippen molar-refractivity contribution in [3.05, 3.63) is 77.1 Å². The highest BCUT2D eigenvalue weighted by molar-refractivity contribution is 6.06. The minimum Gasteiger partial charge on any atom is -0.319 e. The highest BCUT2D eigenvalue weighted by atomic mass is 16.1. The van der Waals surface area contributed by atoms with Gasteiger partial charge in [-0.3, -0.25) is 4.79 Å². The zero-order valence-electron chi connectivity index (χ0n) is 13.5. The third-order valence-corrected chi connectivity index (χ3v) is 3.97. The largest absolute Gasteiger partial charge is 0.319 e. The van der Waals surface area contributed by atoms with Gasteiger partial charge in [0.2, 0.25) is 0 Å². The van der Waals surface area contributed by atoms with Gasteiger partial charge in [-0.1, -0.05) is 36.4 Å². The molecule has 0 saturated carbocycles. The molecule has 1 aromatic heterocycles. The second kappa shape index (κ2) is 6.08. The molecule has 4 nitrogen and oxygen atoms in total. The number of rotatable bonds is 3. The van der Waals surface area contributed by atoms with E-state index in [0.717, 1.165) is 33.8 Å². The summed E-state index contributed by atoms with van der Waals surface area (Å²) in [5, 5.41) is 7.36. The molecule has 0 bridgehead atoms. The number of nitrogens with zero attached hydrogens (tertiary/aromatic N) is 2. The maximum atomic E-state index is 12.6. The van der Waals surface area contributed by atoms with Crippen LogP contribution in [0.2, 0.25) is 0 Å². The fourth-order valence-corrected chi connectivity index (χ4v) is 2.72. The third-order valence-electron chi connectivity index (χ3n) is 3.97. The van der Waals surface area contributed by atoms with E-state index in [1.54, 1.807) is 6.20 Å². The first-order chi connectivity index (χ1) is 11.1. The summed E-state index contributed by atoms with van der Waals surface area (Å²) in [7, 11) is 0. The third kappa shape index (κ3) is 2.88. The van der Waals surface area contributed by atoms with Crippen LogP contribution in [0, 0.1) is 20.8 Å². The van der Waals surface area contributed by atoms with Crippen molar-refractivity contribution in [2.45, 2.75) is 20.8 Å². The lowest BCUT2D eigenvalue weighted by Gasteiger charge is -2.10. The molecule has 1 heterocycles. The molecular formula is C19H19N3O. The summed E-state index contributed by atoms with van der Waals surface area (Å²) in [6.07, 6.45) is 1.69. The highest BCUT2D eigenvalue weighted by Gasteiger charge is 2.15. The molecule has 0 atom stereocenters. The molecule has 1 N–H and O–H groups in total. The molecule has 0 aliphatic carbocycles. The van der Waals surface area contributed by atoms with Crippen LogP contribution >= 0.6 is 0 Å². The zero-order chi connectivity index (χ0) is 16.4. The first-order valence-electron chi connectivity index (χ1n) is 7.55. The zero-order valence-corrected chi connectivity index (χ0v) is 13.5. The van der Waals surface area contributed by atoms with E-state index in [-0.39, 0.29) is 5.91 Å². The Hall–Kier alpha value is -2.88. The van der Waals surface area contributed by atoms with Crippen LogP contribution in [0.4, 0.5) is 5.69 Å². The number of anilines is 1. The number of nitrogens with one attached hydrogen (secondary N) is 1. The van der Waals surface area contributed by atoms with Gasteiger partial charge in [0.15, 0.2) is 0 Å². The van der Waals surface area contributed by atoms with E-state index in [1.165, 1.54) is 0 Å². The molecule has 3 aromatic rings. The maximum Gasteiger partial charge on any atom is 0.256 e. The fraction of sp³-hybridized carbons (Fsp3) is 0.158. The van der Waals surface area contributed by atoms with Gasteiger partial charge < -0.3 is 5.32 Å². The van der Waals surface area contributed by atoms with Crippen LogP contribution < -0.4 is 5.32 Å². The van der Waals surface area contributed by atoms with E-state index >= 15 is 0 Å². The normalized spacial score (nSPS) is 10.6. The van der Waals surface area contributed by atoms with Crippen molar-refractivity contribution >= 4 is 11.6 Å². The van der Waals surface area contributed by atoms with Crippen LogP contribution in [-0.4, -0.2) is 15.7 Å². The molecule has 4 heteroatoms. The van der Waals surface area contributed by atoms with Crippen LogP contribution in [0.3, 0.4) is 0 Å². The number of amides is 1. The molecule has 1 amide bonds. The van der Waals surface area contributed by atoms with E-state index in [1.807, 2.05) is 74.0 Å². The van der Waals surface area contributed by atoms with Gasteiger partial charge in [-0.15, -0.1) is 0 Å². The van der Waals surface area contributed by atoms with Gasteiger partial charge in [0.25, 0.3) is 5.91 Å². The van der Waals surface area contributed by atoms with Crippen molar-refractivity contribution in [2.75, 3.05) is 5.32 Å². The Balaban J connectivity index is 1.90. The average molecular weight is 305 g/mol. The SMILES string of the molecule is Cc1cccc(C)c1C(=O)Nc1cnn(-c2ccccc2)c1C. The number of aromatic nitrogens is 2. The van der Waals surface area contributed by atoms with E-state index in [2.05, 4.69) is 10.4 Å². The monoisotopic (exact) mass is 305 g/mol. The molecule has 0 spiro atoms. The first-order valence-corrected chi connectivity index (χ1v) is 7.55. The van der Waals surface area contributed by atoms with Crippen molar-refractivity contribution in [3.63, 3.8) is 0 Å². The number of para-hydroxylation sites is 1. The average Bonchev–Trinajstić information content (AvgIpc) is 2.89. The molecule has 2 aromatic carbocycles. The van der Waals surface area contributed by atoms with Gasteiger partial charge in [0.1, 0.15) is 0 Å². The Morgan fingerprint density at radius 1 is 0.957 bits per heavy atom. The van der Waals surface area contributed by atoms with Crippen molar-refractivity contribution in [1.82, 2.24) is 9.78 Å². The standard InChI is InChI=1S/C19H19N3O/c1-13-8-7-9-14(2)18(13)19(23)21-17-12-20-22(15(17)3)16-10-5-4-6-11-16/h4-12H,1-3H3,(H,21,23). The van der Waals surface area contributed by atoms with Gasteiger partial charge in [-0.25, -0.2) is 4.68 Å². The molecule has 0 saturated heterocycles. The lowest BCUT2D eigenvalue weighted by Crippen LogP contribution is -2.15. The number of aryl methyl sites for hydroxylation is 2. The van der Waals surface area contributed by atoms with Gasteiger partial charge in [-0.2, -0.15) is 5.10 Å². The van der Waals surface area contributed by atoms with Crippen LogP contribution in [-0.2, 0) is 0 Å². The second-order valence-electron chi connectivity index (χ2n) is 5.61. The molecule has 0 aliphatic rings. The van der Waals surface area contributed by atoms with E-state index < -0.39 is 0 Å². The van der Waals surface area contributed by atoms with Crippen LogP contribution in [0.5, 0.6) is 0 Å². The maximum absolute atomic E-state index is 12.6. The van der Waals surface area contributed by atoms with Crippen molar-refractivity contribution in [1.29, 1.82) is 0 Å². The number of hydrogen-bond donors (Lipinski definition) is 1. The summed E-state index contributed by atoms with van der Waals surface area (Å²) in [6.45, 7) is 5.84. The summed E-state index contributed by atoms with van der Waals surface area (Å²) >= 11 is 0.